The molecule has 0 fully saturated rings. The van der Waals surface area contributed by atoms with Gasteiger partial charge < -0.3 is 13.9 Å². The molecule has 0 aliphatic carbocycles. The van der Waals surface area contributed by atoms with E-state index in [-0.39, 0.29) is 6.10 Å². The van der Waals surface area contributed by atoms with Crippen LogP contribution in [0.4, 0.5) is 0 Å². The lowest BCUT2D eigenvalue weighted by atomic mass is 10.1. The fourth-order valence-corrected chi connectivity index (χ4v) is 2.00. The molecule has 0 aliphatic heterocycles. The standard InChI is InChI=1S/C14H18N2O3.C2H6/c1-5-19-14(17)12-8-16-7-9(2)6-11(10(3)18-4)13(16)15-12;1-2/h6-8,10H,5H2,1-4H3;1-2H3/t10-;/m1./s1. The number of hydrogen-bond acceptors (Lipinski definition) is 4. The summed E-state index contributed by atoms with van der Waals surface area (Å²) in [5, 5.41) is 0. The van der Waals surface area contributed by atoms with E-state index in [1.54, 1.807) is 20.2 Å². The lowest BCUT2D eigenvalue weighted by Crippen LogP contribution is -2.04. The highest BCUT2D eigenvalue weighted by Gasteiger charge is 2.16. The molecule has 5 nitrogen and oxygen atoms in total. The molecular weight excluding hydrogens is 268 g/mol. The highest BCUT2D eigenvalue weighted by Crippen LogP contribution is 2.22. The minimum Gasteiger partial charge on any atom is -0.461 e. The van der Waals surface area contributed by atoms with Crippen molar-refractivity contribution >= 4 is 11.6 Å². The molecule has 2 heterocycles. The number of carbonyl (C=O) groups excluding carboxylic acids is 1. The molecule has 0 radical (unpaired) electrons. The third-order valence-corrected chi connectivity index (χ3v) is 2.99. The van der Waals surface area contributed by atoms with Crippen LogP contribution in [0.1, 0.15) is 55.4 Å². The van der Waals surface area contributed by atoms with Crippen LogP contribution in [0.2, 0.25) is 0 Å². The molecule has 0 saturated heterocycles. The first-order valence-corrected chi connectivity index (χ1v) is 7.26. The second kappa shape index (κ2) is 7.78. The SMILES string of the molecule is CC.CCOC(=O)c1cn2cc(C)cc([C@@H](C)OC)c2n1. The molecule has 2 aromatic heterocycles. The van der Waals surface area contributed by atoms with Crippen LogP contribution in [0.3, 0.4) is 0 Å². The smallest absolute Gasteiger partial charge is 0.358 e. The van der Waals surface area contributed by atoms with Gasteiger partial charge in [-0.05, 0) is 32.4 Å². The second-order valence-corrected chi connectivity index (χ2v) is 4.43. The van der Waals surface area contributed by atoms with Crippen LogP contribution in [0.15, 0.2) is 18.5 Å². The van der Waals surface area contributed by atoms with E-state index in [0.29, 0.717) is 12.3 Å². The Kier molecular flexibility index (Phi) is 6.37. The number of aromatic nitrogens is 2. The van der Waals surface area contributed by atoms with E-state index >= 15 is 0 Å². The highest BCUT2D eigenvalue weighted by atomic mass is 16.5. The molecule has 0 aromatic carbocycles. The van der Waals surface area contributed by atoms with Gasteiger partial charge in [-0.15, -0.1) is 0 Å². The van der Waals surface area contributed by atoms with E-state index in [1.165, 1.54) is 0 Å². The number of esters is 1. The van der Waals surface area contributed by atoms with Crippen molar-refractivity contribution < 1.29 is 14.3 Å². The molecule has 2 rings (SSSR count). The highest BCUT2D eigenvalue weighted by molar-refractivity contribution is 5.88. The van der Waals surface area contributed by atoms with Gasteiger partial charge in [-0.25, -0.2) is 9.78 Å². The van der Waals surface area contributed by atoms with Crippen molar-refractivity contribution in [3.63, 3.8) is 0 Å². The lowest BCUT2D eigenvalue weighted by molar-refractivity contribution is 0.0520. The fraction of sp³-hybridized carbons (Fsp3) is 0.500. The van der Waals surface area contributed by atoms with E-state index in [1.807, 2.05) is 44.4 Å². The van der Waals surface area contributed by atoms with Gasteiger partial charge in [0, 0.05) is 25.1 Å². The largest absolute Gasteiger partial charge is 0.461 e. The summed E-state index contributed by atoms with van der Waals surface area (Å²) in [4.78, 5) is 16.1. The molecule has 0 spiro atoms. The quantitative estimate of drug-likeness (QED) is 0.809. The van der Waals surface area contributed by atoms with Crippen LogP contribution in [0, 0.1) is 6.92 Å². The average Bonchev–Trinajstić information content (AvgIpc) is 2.91. The van der Waals surface area contributed by atoms with Crippen LogP contribution < -0.4 is 0 Å². The van der Waals surface area contributed by atoms with Gasteiger partial charge in [0.2, 0.25) is 0 Å². The van der Waals surface area contributed by atoms with Crippen LogP contribution in [0.25, 0.3) is 5.65 Å². The molecule has 0 bridgehead atoms. The average molecular weight is 292 g/mol. The van der Waals surface area contributed by atoms with Crippen LogP contribution in [-0.2, 0) is 9.47 Å². The fourth-order valence-electron chi connectivity index (χ4n) is 2.00. The van der Waals surface area contributed by atoms with Gasteiger partial charge in [0.05, 0.1) is 12.7 Å². The summed E-state index contributed by atoms with van der Waals surface area (Å²) < 4.78 is 12.2. The first kappa shape index (κ1) is 17.2. The minimum absolute atomic E-state index is 0.0835. The van der Waals surface area contributed by atoms with Gasteiger partial charge in [-0.3, -0.25) is 0 Å². The maximum atomic E-state index is 11.7. The number of nitrogens with zero attached hydrogens (tertiary/aromatic N) is 2. The third-order valence-electron chi connectivity index (χ3n) is 2.99. The zero-order valence-electron chi connectivity index (χ0n) is 13.6. The topological polar surface area (TPSA) is 52.8 Å². The normalized spacial score (nSPS) is 11.7. The number of imidazole rings is 1. The van der Waals surface area contributed by atoms with E-state index in [4.69, 9.17) is 9.47 Å². The number of ether oxygens (including phenoxy) is 2. The maximum absolute atomic E-state index is 11.7. The summed E-state index contributed by atoms with van der Waals surface area (Å²) in [7, 11) is 1.65. The molecule has 1 atom stereocenters. The molecule has 21 heavy (non-hydrogen) atoms. The van der Waals surface area contributed by atoms with Crippen molar-refractivity contribution in [3.8, 4) is 0 Å². The molecule has 0 N–H and O–H groups in total. The number of hydrogen-bond donors (Lipinski definition) is 0. The van der Waals surface area contributed by atoms with Gasteiger partial charge >= 0.3 is 5.97 Å². The van der Waals surface area contributed by atoms with E-state index < -0.39 is 5.97 Å². The Morgan fingerprint density at radius 2 is 2.05 bits per heavy atom. The first-order valence-electron chi connectivity index (χ1n) is 7.26. The van der Waals surface area contributed by atoms with E-state index in [2.05, 4.69) is 4.98 Å². The van der Waals surface area contributed by atoms with Crippen molar-refractivity contribution in [3.05, 3.63) is 35.3 Å². The van der Waals surface area contributed by atoms with Crippen molar-refractivity contribution in [2.45, 2.75) is 40.7 Å². The zero-order chi connectivity index (χ0) is 16.0. The van der Waals surface area contributed by atoms with Crippen LogP contribution in [0.5, 0.6) is 0 Å². The van der Waals surface area contributed by atoms with Gasteiger partial charge in [-0.2, -0.15) is 0 Å². The van der Waals surface area contributed by atoms with Gasteiger partial charge in [0.15, 0.2) is 5.69 Å². The molecule has 2 aromatic rings. The van der Waals surface area contributed by atoms with E-state index in [9.17, 15) is 4.79 Å². The van der Waals surface area contributed by atoms with Gasteiger partial charge in [-0.1, -0.05) is 13.8 Å². The Balaban J connectivity index is 0.00000106. The first-order chi connectivity index (χ1) is 10.1. The molecular formula is C16H24N2O3. The summed E-state index contributed by atoms with van der Waals surface area (Å²) in [5.74, 6) is -0.403. The molecule has 0 saturated carbocycles. The Hall–Kier alpha value is -1.88. The monoisotopic (exact) mass is 292 g/mol. The Morgan fingerprint density at radius 1 is 1.38 bits per heavy atom. The van der Waals surface area contributed by atoms with Crippen molar-refractivity contribution in [1.82, 2.24) is 9.38 Å². The molecule has 116 valence electrons. The number of methoxy groups -OCH3 is 1. The van der Waals surface area contributed by atoms with Crippen LogP contribution >= 0.6 is 0 Å². The van der Waals surface area contributed by atoms with E-state index in [0.717, 1.165) is 16.8 Å². The second-order valence-electron chi connectivity index (χ2n) is 4.43. The third kappa shape index (κ3) is 3.82. The summed E-state index contributed by atoms with van der Waals surface area (Å²) in [6.07, 6.45) is 3.53. The lowest BCUT2D eigenvalue weighted by Gasteiger charge is -2.11. The Morgan fingerprint density at radius 3 is 2.62 bits per heavy atom. The zero-order valence-corrected chi connectivity index (χ0v) is 13.6. The van der Waals surface area contributed by atoms with Crippen molar-refractivity contribution in [2.24, 2.45) is 0 Å². The minimum atomic E-state index is -0.403. The summed E-state index contributed by atoms with van der Waals surface area (Å²) in [6.45, 7) is 10.1. The van der Waals surface area contributed by atoms with Crippen molar-refractivity contribution in [2.75, 3.05) is 13.7 Å². The predicted octanol–water partition coefficient (Wildman–Crippen LogP) is 3.55. The number of aryl methyl sites for hydroxylation is 1. The van der Waals surface area contributed by atoms with Crippen LogP contribution in [-0.4, -0.2) is 29.1 Å². The maximum Gasteiger partial charge on any atom is 0.358 e. The van der Waals surface area contributed by atoms with Gasteiger partial charge in [0.25, 0.3) is 0 Å². The number of carbonyl (C=O) groups is 1. The number of rotatable bonds is 4. The van der Waals surface area contributed by atoms with Crippen molar-refractivity contribution in [1.29, 1.82) is 0 Å². The summed E-state index contributed by atoms with van der Waals surface area (Å²) in [5.41, 5.74) is 3.08. The Bertz CT molecular complexity index is 605. The molecule has 0 aliphatic rings. The summed E-state index contributed by atoms with van der Waals surface area (Å²) >= 11 is 0. The van der Waals surface area contributed by atoms with Gasteiger partial charge in [0.1, 0.15) is 5.65 Å². The Labute approximate surface area is 125 Å². The molecule has 0 unspecified atom stereocenters. The number of fused-ring (bicyclic) bond motifs is 1. The molecule has 5 heteroatoms. The molecule has 0 amide bonds. The predicted molar refractivity (Wildman–Crippen MR) is 82.7 cm³/mol. The number of pyridine rings is 1. The summed E-state index contributed by atoms with van der Waals surface area (Å²) in [6, 6.07) is 2.02.